The first-order valence-corrected chi connectivity index (χ1v) is 10.5. The van der Waals surface area contributed by atoms with Crippen molar-refractivity contribution in [2.45, 2.75) is 45.4 Å². The fraction of sp³-hybridized carbons (Fsp3) is 0.318. The lowest BCUT2D eigenvalue weighted by atomic mass is 10.2. The van der Waals surface area contributed by atoms with Crippen LogP contribution in [0.3, 0.4) is 0 Å². The maximum absolute atomic E-state index is 12.0. The molecule has 0 aliphatic carbocycles. The fourth-order valence-electron chi connectivity index (χ4n) is 2.79. The molecule has 0 aliphatic rings. The van der Waals surface area contributed by atoms with Gasteiger partial charge in [0.25, 0.3) is 0 Å². The highest BCUT2D eigenvalue weighted by Gasteiger charge is 2.22. The van der Waals surface area contributed by atoms with Crippen LogP contribution < -0.4 is 10.1 Å². The van der Waals surface area contributed by atoms with E-state index in [2.05, 4.69) is 20.7 Å². The Morgan fingerprint density at radius 2 is 1.70 bits per heavy atom. The molecular formula is C22H24ClN5O5. The van der Waals surface area contributed by atoms with E-state index in [0.717, 1.165) is 0 Å². The van der Waals surface area contributed by atoms with Crippen molar-refractivity contribution >= 4 is 23.7 Å². The molecule has 174 valence electrons. The van der Waals surface area contributed by atoms with Gasteiger partial charge in [-0.3, -0.25) is 4.79 Å². The number of halogens is 1. The lowest BCUT2D eigenvalue weighted by Gasteiger charge is -2.22. The van der Waals surface area contributed by atoms with Gasteiger partial charge in [-0.25, -0.2) is 4.79 Å². The number of rotatable bonds is 8. The van der Waals surface area contributed by atoms with Gasteiger partial charge in [-0.15, -0.1) is 10.2 Å². The summed E-state index contributed by atoms with van der Waals surface area (Å²) in [7, 11) is 0. The number of carbonyl (C=O) groups excluding carboxylic acids is 1. The Morgan fingerprint density at radius 3 is 2.27 bits per heavy atom. The zero-order chi connectivity index (χ0) is 24.0. The molecule has 3 aromatic rings. The lowest BCUT2D eigenvalue weighted by molar-refractivity contribution is -0.137. The van der Waals surface area contributed by atoms with Gasteiger partial charge < -0.3 is 19.9 Å². The molecule has 1 heterocycles. The van der Waals surface area contributed by atoms with Gasteiger partial charge in [-0.05, 0) is 74.5 Å². The van der Waals surface area contributed by atoms with E-state index in [4.69, 9.17) is 26.2 Å². The number of aromatic nitrogens is 4. The van der Waals surface area contributed by atoms with Crippen molar-refractivity contribution in [2.24, 2.45) is 0 Å². The summed E-state index contributed by atoms with van der Waals surface area (Å²) in [5.74, 6) is 0.543. The van der Waals surface area contributed by atoms with Crippen LogP contribution in [0.25, 0.3) is 11.4 Å². The molecule has 0 aliphatic heterocycles. The standard InChI is InChI=1S/C22H24ClN5O5/c1-22(2,3)33-21(31)24-16(12-19(29)30)13-28-26-20(25-27-28)14-4-8-17(9-5-14)32-18-10-6-15(23)7-11-18/h4-11,16H,12-13H2,1-3H3,(H,24,31)(H,29,30)/t16-/m0/s1. The first-order chi connectivity index (χ1) is 15.6. The van der Waals surface area contributed by atoms with Crippen molar-refractivity contribution in [3.63, 3.8) is 0 Å². The van der Waals surface area contributed by atoms with E-state index in [0.29, 0.717) is 27.9 Å². The fourth-order valence-corrected chi connectivity index (χ4v) is 2.92. The van der Waals surface area contributed by atoms with Crippen LogP contribution in [0.5, 0.6) is 11.5 Å². The van der Waals surface area contributed by atoms with Gasteiger partial charge in [0.05, 0.1) is 19.0 Å². The zero-order valence-corrected chi connectivity index (χ0v) is 19.1. The van der Waals surface area contributed by atoms with E-state index in [1.165, 1.54) is 4.80 Å². The molecule has 10 nitrogen and oxygen atoms in total. The van der Waals surface area contributed by atoms with Crippen molar-refractivity contribution in [3.05, 3.63) is 53.6 Å². The maximum atomic E-state index is 12.0. The van der Waals surface area contributed by atoms with Crippen molar-refractivity contribution in [1.82, 2.24) is 25.5 Å². The lowest BCUT2D eigenvalue weighted by Crippen LogP contribution is -2.42. The summed E-state index contributed by atoms with van der Waals surface area (Å²) in [5, 5.41) is 24.6. The van der Waals surface area contributed by atoms with Gasteiger partial charge in [0.15, 0.2) is 0 Å². The minimum absolute atomic E-state index is 0.0102. The number of amides is 1. The van der Waals surface area contributed by atoms with Crippen LogP contribution in [-0.4, -0.2) is 49.0 Å². The highest BCUT2D eigenvalue weighted by atomic mass is 35.5. The summed E-state index contributed by atoms with van der Waals surface area (Å²) in [4.78, 5) is 24.5. The maximum Gasteiger partial charge on any atom is 0.407 e. The molecule has 0 radical (unpaired) electrons. The first-order valence-electron chi connectivity index (χ1n) is 10.1. The number of hydrogen-bond acceptors (Lipinski definition) is 7. The van der Waals surface area contributed by atoms with Crippen molar-refractivity contribution in [2.75, 3.05) is 0 Å². The summed E-state index contributed by atoms with van der Waals surface area (Å²) < 4.78 is 11.0. The molecule has 3 rings (SSSR count). The normalized spacial score (nSPS) is 12.1. The molecule has 0 saturated carbocycles. The molecule has 0 unspecified atom stereocenters. The van der Waals surface area contributed by atoms with Crippen molar-refractivity contribution in [1.29, 1.82) is 0 Å². The Kier molecular flexibility index (Phi) is 7.49. The van der Waals surface area contributed by atoms with Crippen LogP contribution in [0.15, 0.2) is 48.5 Å². The molecule has 0 fully saturated rings. The number of alkyl carbamates (subject to hydrolysis) is 1. The molecule has 1 atom stereocenters. The van der Waals surface area contributed by atoms with Crippen LogP contribution in [0, 0.1) is 0 Å². The number of tetrazole rings is 1. The van der Waals surface area contributed by atoms with Crippen LogP contribution in [0.1, 0.15) is 27.2 Å². The average Bonchev–Trinajstić information content (AvgIpc) is 3.16. The summed E-state index contributed by atoms with van der Waals surface area (Å²) in [6, 6.07) is 13.3. The largest absolute Gasteiger partial charge is 0.481 e. The Labute approximate surface area is 195 Å². The van der Waals surface area contributed by atoms with Crippen LogP contribution in [0.4, 0.5) is 4.79 Å². The van der Waals surface area contributed by atoms with Crippen molar-refractivity contribution in [3.8, 4) is 22.9 Å². The number of benzene rings is 2. The van der Waals surface area contributed by atoms with Gasteiger partial charge in [-0.2, -0.15) is 4.80 Å². The molecule has 1 aromatic heterocycles. The number of ether oxygens (including phenoxy) is 2. The molecule has 33 heavy (non-hydrogen) atoms. The smallest absolute Gasteiger partial charge is 0.407 e. The summed E-state index contributed by atoms with van der Waals surface area (Å²) in [6.07, 6.45) is -1.04. The number of hydrogen-bond donors (Lipinski definition) is 2. The van der Waals surface area contributed by atoms with E-state index in [1.807, 2.05) is 0 Å². The van der Waals surface area contributed by atoms with Gasteiger partial charge in [0.2, 0.25) is 5.82 Å². The van der Waals surface area contributed by atoms with E-state index in [-0.39, 0.29) is 13.0 Å². The minimum atomic E-state index is -1.08. The van der Waals surface area contributed by atoms with E-state index in [9.17, 15) is 9.59 Å². The van der Waals surface area contributed by atoms with Crippen LogP contribution in [0.2, 0.25) is 5.02 Å². The summed E-state index contributed by atoms with van der Waals surface area (Å²) in [6.45, 7) is 5.16. The molecule has 1 amide bonds. The molecule has 0 saturated heterocycles. The minimum Gasteiger partial charge on any atom is -0.481 e. The Balaban J connectivity index is 1.65. The van der Waals surface area contributed by atoms with Gasteiger partial charge in [-0.1, -0.05) is 11.6 Å². The third kappa shape index (κ3) is 7.76. The summed E-state index contributed by atoms with van der Waals surface area (Å²) in [5.41, 5.74) is -0.0143. The third-order valence-corrected chi connectivity index (χ3v) is 4.39. The SMILES string of the molecule is CC(C)(C)OC(=O)N[C@@H](CC(=O)O)Cn1nnc(-c2ccc(Oc3ccc(Cl)cc3)cc2)n1. The van der Waals surface area contributed by atoms with E-state index < -0.39 is 23.7 Å². The molecule has 2 aromatic carbocycles. The predicted octanol–water partition coefficient (Wildman–Crippen LogP) is 4.15. The van der Waals surface area contributed by atoms with E-state index >= 15 is 0 Å². The van der Waals surface area contributed by atoms with Gasteiger partial charge >= 0.3 is 12.1 Å². The average molecular weight is 474 g/mol. The predicted molar refractivity (Wildman–Crippen MR) is 120 cm³/mol. The number of nitrogens with zero attached hydrogens (tertiary/aromatic N) is 4. The van der Waals surface area contributed by atoms with Crippen LogP contribution in [-0.2, 0) is 16.1 Å². The molecule has 0 bridgehead atoms. The number of nitrogens with one attached hydrogen (secondary N) is 1. The highest BCUT2D eigenvalue weighted by Crippen LogP contribution is 2.25. The highest BCUT2D eigenvalue weighted by molar-refractivity contribution is 6.30. The molecule has 2 N–H and O–H groups in total. The van der Waals surface area contributed by atoms with E-state index in [1.54, 1.807) is 69.3 Å². The molecule has 0 spiro atoms. The van der Waals surface area contributed by atoms with Crippen LogP contribution >= 0.6 is 11.6 Å². The van der Waals surface area contributed by atoms with Gasteiger partial charge in [0, 0.05) is 10.6 Å². The number of carboxylic acids is 1. The number of carbonyl (C=O) groups is 2. The number of carboxylic acid groups (broad SMARTS) is 1. The Bertz CT molecular complexity index is 1090. The second-order valence-electron chi connectivity index (χ2n) is 8.19. The monoisotopic (exact) mass is 473 g/mol. The van der Waals surface area contributed by atoms with Crippen molar-refractivity contribution < 1.29 is 24.2 Å². The Hall–Kier alpha value is -3.66. The Morgan fingerprint density at radius 1 is 1.09 bits per heavy atom. The second-order valence-corrected chi connectivity index (χ2v) is 8.63. The third-order valence-electron chi connectivity index (χ3n) is 4.14. The quantitative estimate of drug-likeness (QED) is 0.499. The molecule has 11 heteroatoms. The first kappa shape index (κ1) is 24.0. The zero-order valence-electron chi connectivity index (χ0n) is 18.4. The topological polar surface area (TPSA) is 128 Å². The summed E-state index contributed by atoms with van der Waals surface area (Å²) >= 11 is 5.88. The number of aliphatic carboxylic acids is 1. The second kappa shape index (κ2) is 10.3. The van der Waals surface area contributed by atoms with Gasteiger partial charge in [0.1, 0.15) is 17.1 Å². The molecular weight excluding hydrogens is 450 g/mol.